The molecule has 0 radical (unpaired) electrons. The fourth-order valence-electron chi connectivity index (χ4n) is 2.69. The molecule has 1 saturated carbocycles. The lowest BCUT2D eigenvalue weighted by Crippen LogP contribution is -2.00. The summed E-state index contributed by atoms with van der Waals surface area (Å²) in [7, 11) is 3.35. The number of allylic oxidation sites excluding steroid dienone is 3. The maximum atomic E-state index is 5.41. The molecule has 0 spiro atoms. The Balaban J connectivity index is 2.19. The van der Waals surface area contributed by atoms with Crippen molar-refractivity contribution in [2.45, 2.75) is 33.1 Å². The van der Waals surface area contributed by atoms with Crippen molar-refractivity contribution in [1.29, 1.82) is 0 Å². The standard InChI is InChI=1S/C18H25NO2/c1-5-15(11-14-7-6-13(2)10-14)19-17-12-16(20-3)8-9-18(17)21-4/h5,8-9,11-13,19H,6-7,10H2,1-4H3/b14-11+,15-5+. The molecule has 1 fully saturated rings. The zero-order valence-electron chi connectivity index (χ0n) is 13.4. The van der Waals surface area contributed by atoms with Crippen LogP contribution in [-0.4, -0.2) is 14.2 Å². The first kappa shape index (κ1) is 15.5. The van der Waals surface area contributed by atoms with E-state index in [1.807, 2.05) is 25.1 Å². The van der Waals surface area contributed by atoms with Crippen LogP contribution in [0.5, 0.6) is 11.5 Å². The molecule has 1 aliphatic rings. The molecule has 1 N–H and O–H groups in total. The first-order chi connectivity index (χ1) is 10.2. The van der Waals surface area contributed by atoms with Crippen LogP contribution < -0.4 is 14.8 Å². The number of anilines is 1. The SMILES string of the molecule is C/C=C(\C=C1/CCC(C)C1)Nc1cc(OC)ccc1OC. The molecule has 1 unspecified atom stereocenters. The van der Waals surface area contributed by atoms with Crippen LogP contribution in [0.1, 0.15) is 33.1 Å². The summed E-state index contributed by atoms with van der Waals surface area (Å²) < 4.78 is 10.7. The smallest absolute Gasteiger partial charge is 0.142 e. The van der Waals surface area contributed by atoms with E-state index in [-0.39, 0.29) is 0 Å². The average molecular weight is 287 g/mol. The third-order valence-electron chi connectivity index (χ3n) is 3.93. The van der Waals surface area contributed by atoms with Gasteiger partial charge >= 0.3 is 0 Å². The van der Waals surface area contributed by atoms with Crippen molar-refractivity contribution in [3.63, 3.8) is 0 Å². The maximum Gasteiger partial charge on any atom is 0.142 e. The summed E-state index contributed by atoms with van der Waals surface area (Å²) in [6.45, 7) is 4.36. The second-order valence-corrected chi connectivity index (χ2v) is 5.59. The lowest BCUT2D eigenvalue weighted by Gasteiger charge is -2.14. The highest BCUT2D eigenvalue weighted by Gasteiger charge is 2.15. The third-order valence-corrected chi connectivity index (χ3v) is 3.93. The number of methoxy groups -OCH3 is 2. The monoisotopic (exact) mass is 287 g/mol. The van der Waals surface area contributed by atoms with E-state index in [1.165, 1.54) is 24.8 Å². The number of hydrogen-bond acceptors (Lipinski definition) is 3. The minimum atomic E-state index is 0.806. The summed E-state index contributed by atoms with van der Waals surface area (Å²) in [6.07, 6.45) is 8.06. The summed E-state index contributed by atoms with van der Waals surface area (Å²) in [5, 5.41) is 3.44. The van der Waals surface area contributed by atoms with Crippen molar-refractivity contribution in [3.8, 4) is 11.5 Å². The first-order valence-electron chi connectivity index (χ1n) is 7.51. The van der Waals surface area contributed by atoms with Crippen molar-refractivity contribution >= 4 is 5.69 Å². The molecule has 3 nitrogen and oxygen atoms in total. The average Bonchev–Trinajstić information content (AvgIpc) is 2.91. The van der Waals surface area contributed by atoms with Crippen LogP contribution >= 0.6 is 0 Å². The molecule has 0 heterocycles. The highest BCUT2D eigenvalue weighted by Crippen LogP contribution is 2.33. The number of rotatable bonds is 5. The van der Waals surface area contributed by atoms with Gasteiger partial charge in [0.2, 0.25) is 0 Å². The highest BCUT2D eigenvalue weighted by molar-refractivity contribution is 5.63. The Bertz CT molecular complexity index is 546. The van der Waals surface area contributed by atoms with Crippen molar-refractivity contribution < 1.29 is 9.47 Å². The summed E-state index contributed by atoms with van der Waals surface area (Å²) >= 11 is 0. The zero-order valence-corrected chi connectivity index (χ0v) is 13.4. The predicted octanol–water partition coefficient (Wildman–Crippen LogP) is 4.77. The fourth-order valence-corrected chi connectivity index (χ4v) is 2.69. The summed E-state index contributed by atoms with van der Waals surface area (Å²) in [6, 6.07) is 5.77. The van der Waals surface area contributed by atoms with Crippen molar-refractivity contribution in [1.82, 2.24) is 0 Å². The predicted molar refractivity (Wildman–Crippen MR) is 88.0 cm³/mol. The highest BCUT2D eigenvalue weighted by atomic mass is 16.5. The van der Waals surface area contributed by atoms with Gasteiger partial charge in [-0.05, 0) is 50.3 Å². The molecule has 1 aromatic rings. The van der Waals surface area contributed by atoms with Gasteiger partial charge in [0, 0.05) is 11.8 Å². The lowest BCUT2D eigenvalue weighted by molar-refractivity contribution is 0.404. The Kier molecular flexibility index (Phi) is 5.32. The van der Waals surface area contributed by atoms with Gasteiger partial charge in [-0.3, -0.25) is 0 Å². The second kappa shape index (κ2) is 7.21. The molecule has 1 atom stereocenters. The van der Waals surface area contributed by atoms with Gasteiger partial charge in [-0.15, -0.1) is 0 Å². The Hall–Kier alpha value is -1.90. The molecule has 1 aliphatic carbocycles. The number of nitrogens with one attached hydrogen (secondary N) is 1. The van der Waals surface area contributed by atoms with Crippen LogP contribution in [0.4, 0.5) is 5.69 Å². The lowest BCUT2D eigenvalue weighted by atomic mass is 10.1. The Morgan fingerprint density at radius 1 is 1.29 bits per heavy atom. The fraction of sp³-hybridized carbons (Fsp3) is 0.444. The van der Waals surface area contributed by atoms with Gasteiger partial charge in [-0.2, -0.15) is 0 Å². The molecule has 0 amide bonds. The van der Waals surface area contributed by atoms with Gasteiger partial charge in [0.15, 0.2) is 0 Å². The molecular formula is C18H25NO2. The van der Waals surface area contributed by atoms with E-state index >= 15 is 0 Å². The molecule has 0 bridgehead atoms. The van der Waals surface area contributed by atoms with Gasteiger partial charge in [-0.1, -0.05) is 18.6 Å². The molecule has 2 rings (SSSR count). The van der Waals surface area contributed by atoms with Gasteiger partial charge in [0.1, 0.15) is 11.5 Å². The Morgan fingerprint density at radius 3 is 2.67 bits per heavy atom. The van der Waals surface area contributed by atoms with E-state index in [2.05, 4.69) is 24.4 Å². The molecule has 114 valence electrons. The molecule has 0 aliphatic heterocycles. The quantitative estimate of drug-likeness (QED) is 0.846. The van der Waals surface area contributed by atoms with E-state index < -0.39 is 0 Å². The van der Waals surface area contributed by atoms with E-state index in [0.29, 0.717) is 0 Å². The topological polar surface area (TPSA) is 30.5 Å². The number of benzene rings is 1. The molecule has 21 heavy (non-hydrogen) atoms. The number of hydrogen-bond donors (Lipinski definition) is 1. The van der Waals surface area contributed by atoms with Crippen LogP contribution in [0.3, 0.4) is 0 Å². The maximum absolute atomic E-state index is 5.41. The number of ether oxygens (including phenoxy) is 2. The summed E-state index contributed by atoms with van der Waals surface area (Å²) in [5.41, 5.74) is 3.54. The van der Waals surface area contributed by atoms with Gasteiger partial charge in [0.05, 0.1) is 19.9 Å². The third kappa shape index (κ3) is 4.03. The van der Waals surface area contributed by atoms with E-state index in [0.717, 1.165) is 28.8 Å². The van der Waals surface area contributed by atoms with E-state index in [1.54, 1.807) is 14.2 Å². The second-order valence-electron chi connectivity index (χ2n) is 5.59. The van der Waals surface area contributed by atoms with Crippen LogP contribution in [0.2, 0.25) is 0 Å². The van der Waals surface area contributed by atoms with Gasteiger partial charge < -0.3 is 14.8 Å². The van der Waals surface area contributed by atoms with Crippen molar-refractivity contribution in [2.24, 2.45) is 5.92 Å². The van der Waals surface area contributed by atoms with Crippen molar-refractivity contribution in [3.05, 3.63) is 41.6 Å². The van der Waals surface area contributed by atoms with Crippen LogP contribution in [-0.2, 0) is 0 Å². The summed E-state index contributed by atoms with van der Waals surface area (Å²) in [4.78, 5) is 0. The molecule has 1 aromatic carbocycles. The normalized spacial score (nSPS) is 20.7. The minimum Gasteiger partial charge on any atom is -0.497 e. The summed E-state index contributed by atoms with van der Waals surface area (Å²) in [5.74, 6) is 2.44. The molecule has 0 aromatic heterocycles. The molecular weight excluding hydrogens is 262 g/mol. The van der Waals surface area contributed by atoms with Crippen LogP contribution in [0, 0.1) is 5.92 Å². The first-order valence-corrected chi connectivity index (χ1v) is 7.51. The van der Waals surface area contributed by atoms with E-state index in [4.69, 9.17) is 9.47 Å². The van der Waals surface area contributed by atoms with Crippen molar-refractivity contribution in [2.75, 3.05) is 19.5 Å². The van der Waals surface area contributed by atoms with Gasteiger partial charge in [0.25, 0.3) is 0 Å². The van der Waals surface area contributed by atoms with E-state index in [9.17, 15) is 0 Å². The van der Waals surface area contributed by atoms with Crippen LogP contribution in [0.15, 0.2) is 41.6 Å². The van der Waals surface area contributed by atoms with Gasteiger partial charge in [-0.25, -0.2) is 0 Å². The molecule has 0 saturated heterocycles. The van der Waals surface area contributed by atoms with Crippen LogP contribution in [0.25, 0.3) is 0 Å². The molecule has 3 heteroatoms. The Labute approximate surface area is 127 Å². The Morgan fingerprint density at radius 2 is 2.10 bits per heavy atom. The zero-order chi connectivity index (χ0) is 15.2. The minimum absolute atomic E-state index is 0.806. The largest absolute Gasteiger partial charge is 0.497 e.